The molecule has 1 saturated heterocycles. The summed E-state index contributed by atoms with van der Waals surface area (Å²) < 4.78 is 25.9. The Kier molecular flexibility index (Phi) is 4.04. The molecule has 0 bridgehead atoms. The second-order valence-electron chi connectivity index (χ2n) is 4.16. The maximum atomic E-state index is 11.8. The number of hydrogen-bond donors (Lipinski definition) is 1. The van der Waals surface area contributed by atoms with Gasteiger partial charge in [-0.1, -0.05) is 11.6 Å². The summed E-state index contributed by atoms with van der Waals surface area (Å²) in [5.41, 5.74) is 0. The van der Waals surface area contributed by atoms with Crippen molar-refractivity contribution in [2.45, 2.75) is 18.1 Å². The van der Waals surface area contributed by atoms with E-state index in [1.165, 1.54) is 19.4 Å². The number of halogens is 1. The lowest BCUT2D eigenvalue weighted by atomic mass is 10.1. The third kappa shape index (κ3) is 2.90. The SMILES string of the molecule is CNS(=O)(=O)[C@@H]1CCCN(c2ncc(Cl)cn2)C1. The fourth-order valence-electron chi connectivity index (χ4n) is 2.01. The first-order valence-electron chi connectivity index (χ1n) is 5.68. The molecule has 1 atom stereocenters. The van der Waals surface area contributed by atoms with E-state index < -0.39 is 15.3 Å². The van der Waals surface area contributed by atoms with Crippen molar-refractivity contribution in [2.75, 3.05) is 25.0 Å². The van der Waals surface area contributed by atoms with Gasteiger partial charge in [0.05, 0.1) is 22.7 Å². The zero-order chi connectivity index (χ0) is 13.2. The van der Waals surface area contributed by atoms with Crippen molar-refractivity contribution < 1.29 is 8.42 Å². The molecule has 0 unspecified atom stereocenters. The van der Waals surface area contributed by atoms with E-state index >= 15 is 0 Å². The Balaban J connectivity index is 2.14. The number of hydrogen-bond acceptors (Lipinski definition) is 5. The van der Waals surface area contributed by atoms with Gasteiger partial charge in [0.2, 0.25) is 16.0 Å². The second kappa shape index (κ2) is 5.38. The molecule has 1 fully saturated rings. The fraction of sp³-hybridized carbons (Fsp3) is 0.600. The van der Waals surface area contributed by atoms with Crippen LogP contribution in [0.1, 0.15) is 12.8 Å². The van der Waals surface area contributed by atoms with E-state index in [9.17, 15) is 8.42 Å². The maximum absolute atomic E-state index is 11.8. The third-order valence-electron chi connectivity index (χ3n) is 2.99. The summed E-state index contributed by atoms with van der Waals surface area (Å²) in [4.78, 5) is 10.1. The van der Waals surface area contributed by atoms with Gasteiger partial charge in [-0.3, -0.25) is 0 Å². The van der Waals surface area contributed by atoms with Gasteiger partial charge >= 0.3 is 0 Å². The van der Waals surface area contributed by atoms with Gasteiger partial charge < -0.3 is 4.90 Å². The predicted molar refractivity (Wildman–Crippen MR) is 70.3 cm³/mol. The zero-order valence-electron chi connectivity index (χ0n) is 10.0. The predicted octanol–water partition coefficient (Wildman–Crippen LogP) is 0.648. The molecule has 0 saturated carbocycles. The summed E-state index contributed by atoms with van der Waals surface area (Å²) in [6.45, 7) is 1.17. The Morgan fingerprint density at radius 3 is 2.72 bits per heavy atom. The Labute approximate surface area is 111 Å². The molecule has 1 aliphatic rings. The Morgan fingerprint density at radius 2 is 2.11 bits per heavy atom. The number of rotatable bonds is 3. The van der Waals surface area contributed by atoms with Crippen molar-refractivity contribution in [3.8, 4) is 0 Å². The number of nitrogens with one attached hydrogen (secondary N) is 1. The normalized spacial score (nSPS) is 21.0. The molecule has 6 nitrogen and oxygen atoms in total. The Morgan fingerprint density at radius 1 is 1.44 bits per heavy atom. The molecular weight excluding hydrogens is 276 g/mol. The molecule has 18 heavy (non-hydrogen) atoms. The lowest BCUT2D eigenvalue weighted by Gasteiger charge is -2.32. The molecule has 1 N–H and O–H groups in total. The van der Waals surface area contributed by atoms with Crippen LogP contribution >= 0.6 is 11.6 Å². The van der Waals surface area contributed by atoms with Gasteiger partial charge in [-0.2, -0.15) is 0 Å². The number of piperidine rings is 1. The highest BCUT2D eigenvalue weighted by molar-refractivity contribution is 7.90. The average molecular weight is 291 g/mol. The monoisotopic (exact) mass is 290 g/mol. The third-order valence-corrected chi connectivity index (χ3v) is 5.02. The standard InChI is InChI=1S/C10H15ClN4O2S/c1-12-18(16,17)9-3-2-4-15(7-9)10-13-5-8(11)6-14-10/h5-6,9,12H,2-4,7H2,1H3/t9-/m1/s1. The highest BCUT2D eigenvalue weighted by Crippen LogP contribution is 2.20. The summed E-state index contributed by atoms with van der Waals surface area (Å²) in [7, 11) is -1.81. The fourth-order valence-corrected chi connectivity index (χ4v) is 3.29. The van der Waals surface area contributed by atoms with Crippen LogP contribution in [0.3, 0.4) is 0 Å². The highest BCUT2D eigenvalue weighted by Gasteiger charge is 2.30. The van der Waals surface area contributed by atoms with E-state index in [0.29, 0.717) is 23.9 Å². The minimum absolute atomic E-state index is 0.408. The Hall–Kier alpha value is -0.920. The van der Waals surface area contributed by atoms with Crippen LogP contribution in [0.15, 0.2) is 12.4 Å². The Bertz CT molecular complexity index is 505. The second-order valence-corrected chi connectivity index (χ2v) is 6.76. The average Bonchev–Trinajstić information content (AvgIpc) is 2.40. The van der Waals surface area contributed by atoms with Crippen LogP contribution in [0.5, 0.6) is 0 Å². The summed E-state index contributed by atoms with van der Waals surface area (Å²) in [6, 6.07) is 0. The van der Waals surface area contributed by atoms with E-state index in [4.69, 9.17) is 11.6 Å². The van der Waals surface area contributed by atoms with Crippen LogP contribution in [0.4, 0.5) is 5.95 Å². The molecule has 1 aromatic heterocycles. The molecule has 0 radical (unpaired) electrons. The van der Waals surface area contributed by atoms with E-state index in [1.807, 2.05) is 4.90 Å². The van der Waals surface area contributed by atoms with Crippen LogP contribution in [0.25, 0.3) is 0 Å². The van der Waals surface area contributed by atoms with E-state index in [1.54, 1.807) is 0 Å². The van der Waals surface area contributed by atoms with Crippen molar-refractivity contribution in [1.82, 2.24) is 14.7 Å². The molecule has 2 rings (SSSR count). The molecule has 0 aromatic carbocycles. The van der Waals surface area contributed by atoms with Gasteiger partial charge in [-0.15, -0.1) is 0 Å². The molecule has 0 spiro atoms. The molecule has 0 aliphatic carbocycles. The molecule has 100 valence electrons. The highest BCUT2D eigenvalue weighted by atomic mass is 35.5. The van der Waals surface area contributed by atoms with Crippen LogP contribution in [-0.4, -0.2) is 43.8 Å². The molecular formula is C10H15ClN4O2S. The maximum Gasteiger partial charge on any atom is 0.225 e. The topological polar surface area (TPSA) is 75.2 Å². The van der Waals surface area contributed by atoms with Gasteiger partial charge in [0, 0.05) is 13.1 Å². The number of aromatic nitrogens is 2. The van der Waals surface area contributed by atoms with Gasteiger partial charge in [-0.25, -0.2) is 23.1 Å². The van der Waals surface area contributed by atoms with Crippen LogP contribution in [0, 0.1) is 0 Å². The van der Waals surface area contributed by atoms with Gasteiger partial charge in [0.25, 0.3) is 0 Å². The first-order valence-corrected chi connectivity index (χ1v) is 7.60. The minimum Gasteiger partial charge on any atom is -0.339 e. The van der Waals surface area contributed by atoms with Crippen molar-refractivity contribution in [3.63, 3.8) is 0 Å². The smallest absolute Gasteiger partial charge is 0.225 e. The van der Waals surface area contributed by atoms with Crippen LogP contribution in [0.2, 0.25) is 5.02 Å². The quantitative estimate of drug-likeness (QED) is 0.884. The molecule has 0 amide bonds. The molecule has 1 aromatic rings. The molecule has 8 heteroatoms. The molecule has 2 heterocycles. The molecule has 1 aliphatic heterocycles. The zero-order valence-corrected chi connectivity index (χ0v) is 11.6. The first-order chi connectivity index (χ1) is 8.53. The summed E-state index contributed by atoms with van der Waals surface area (Å²) in [5.74, 6) is 0.524. The lowest BCUT2D eigenvalue weighted by Crippen LogP contribution is -2.46. The van der Waals surface area contributed by atoms with E-state index in [0.717, 1.165) is 13.0 Å². The van der Waals surface area contributed by atoms with Crippen LogP contribution in [-0.2, 0) is 10.0 Å². The van der Waals surface area contributed by atoms with Crippen molar-refractivity contribution in [1.29, 1.82) is 0 Å². The van der Waals surface area contributed by atoms with Crippen molar-refractivity contribution in [3.05, 3.63) is 17.4 Å². The van der Waals surface area contributed by atoms with Crippen molar-refractivity contribution in [2.24, 2.45) is 0 Å². The summed E-state index contributed by atoms with van der Waals surface area (Å²) >= 11 is 5.72. The summed E-state index contributed by atoms with van der Waals surface area (Å²) in [6.07, 6.45) is 4.49. The summed E-state index contributed by atoms with van der Waals surface area (Å²) in [5, 5.41) is 0.0469. The van der Waals surface area contributed by atoms with E-state index in [2.05, 4.69) is 14.7 Å². The van der Waals surface area contributed by atoms with Gasteiger partial charge in [-0.05, 0) is 19.9 Å². The minimum atomic E-state index is -3.24. The van der Waals surface area contributed by atoms with E-state index in [-0.39, 0.29) is 0 Å². The first kappa shape index (κ1) is 13.5. The number of sulfonamides is 1. The lowest BCUT2D eigenvalue weighted by molar-refractivity contribution is 0.522. The van der Waals surface area contributed by atoms with Crippen molar-refractivity contribution >= 4 is 27.6 Å². The number of nitrogens with zero attached hydrogens (tertiary/aromatic N) is 3. The van der Waals surface area contributed by atoms with Gasteiger partial charge in [0.1, 0.15) is 0 Å². The van der Waals surface area contributed by atoms with Crippen LogP contribution < -0.4 is 9.62 Å². The largest absolute Gasteiger partial charge is 0.339 e. The number of anilines is 1. The van der Waals surface area contributed by atoms with Gasteiger partial charge in [0.15, 0.2) is 0 Å².